The summed E-state index contributed by atoms with van der Waals surface area (Å²) in [5.74, 6) is 0.870. The second-order valence-electron chi connectivity index (χ2n) is 4.75. The molecule has 102 valence electrons. The van der Waals surface area contributed by atoms with Gasteiger partial charge in [0, 0.05) is 10.8 Å². The Bertz CT molecular complexity index is 509. The van der Waals surface area contributed by atoms with Gasteiger partial charge in [-0.15, -0.1) is 22.9 Å². The summed E-state index contributed by atoms with van der Waals surface area (Å²) in [5.41, 5.74) is 4.16. The van der Waals surface area contributed by atoms with Crippen LogP contribution < -0.4 is 0 Å². The first-order valence-corrected chi connectivity index (χ1v) is 7.80. The van der Waals surface area contributed by atoms with Crippen molar-refractivity contribution in [2.45, 2.75) is 26.2 Å². The van der Waals surface area contributed by atoms with Gasteiger partial charge in [0.15, 0.2) is 0 Å². The largest absolute Gasteiger partial charge is 0.250 e. The van der Waals surface area contributed by atoms with Crippen molar-refractivity contribution >= 4 is 22.9 Å². The van der Waals surface area contributed by atoms with Crippen LogP contribution in [0.4, 0.5) is 4.39 Å². The van der Waals surface area contributed by atoms with E-state index in [1.807, 2.05) is 24.6 Å². The van der Waals surface area contributed by atoms with Crippen LogP contribution in [0.15, 0.2) is 29.8 Å². The first-order chi connectivity index (χ1) is 9.19. The molecular formula is C15H17ClFNS. The van der Waals surface area contributed by atoms with Gasteiger partial charge >= 0.3 is 0 Å². The van der Waals surface area contributed by atoms with Crippen molar-refractivity contribution in [3.05, 3.63) is 51.7 Å². The minimum atomic E-state index is -0.188. The molecule has 0 aliphatic heterocycles. The molecule has 0 fully saturated rings. The van der Waals surface area contributed by atoms with Crippen LogP contribution in [0.25, 0.3) is 0 Å². The van der Waals surface area contributed by atoms with E-state index in [1.165, 1.54) is 17.0 Å². The number of rotatable bonds is 6. The Morgan fingerprint density at radius 2 is 2.05 bits per heavy atom. The van der Waals surface area contributed by atoms with Gasteiger partial charge in [0.1, 0.15) is 5.82 Å². The lowest BCUT2D eigenvalue weighted by molar-refractivity contribution is 0.537. The SMILES string of the molecule is Cc1ncsc1CCC(CCl)Cc1ccc(F)cc1. The van der Waals surface area contributed by atoms with E-state index in [0.717, 1.165) is 30.5 Å². The number of hydrogen-bond acceptors (Lipinski definition) is 2. The molecular weight excluding hydrogens is 281 g/mol. The molecule has 0 N–H and O–H groups in total. The fourth-order valence-electron chi connectivity index (χ4n) is 2.09. The van der Waals surface area contributed by atoms with Gasteiger partial charge in [0.05, 0.1) is 11.2 Å². The Morgan fingerprint density at radius 1 is 1.32 bits per heavy atom. The minimum Gasteiger partial charge on any atom is -0.250 e. The molecule has 0 amide bonds. The van der Waals surface area contributed by atoms with E-state index < -0.39 is 0 Å². The van der Waals surface area contributed by atoms with Crippen molar-refractivity contribution in [2.75, 3.05) is 5.88 Å². The lowest BCUT2D eigenvalue weighted by atomic mass is 9.96. The van der Waals surface area contributed by atoms with Crippen LogP contribution in [-0.2, 0) is 12.8 Å². The van der Waals surface area contributed by atoms with Gasteiger partial charge in [-0.25, -0.2) is 9.37 Å². The summed E-state index contributed by atoms with van der Waals surface area (Å²) in [7, 11) is 0. The highest BCUT2D eigenvalue weighted by atomic mass is 35.5. The topological polar surface area (TPSA) is 12.9 Å². The quantitative estimate of drug-likeness (QED) is 0.709. The molecule has 1 nitrogen and oxygen atoms in total. The predicted octanol–water partition coefficient (Wildman–Crippen LogP) is 4.62. The highest BCUT2D eigenvalue weighted by Gasteiger charge is 2.11. The molecule has 0 saturated heterocycles. The van der Waals surface area contributed by atoms with Crippen LogP contribution in [0.5, 0.6) is 0 Å². The zero-order valence-corrected chi connectivity index (χ0v) is 12.5. The second-order valence-corrected chi connectivity index (χ2v) is 6.00. The molecule has 1 unspecified atom stereocenters. The minimum absolute atomic E-state index is 0.188. The van der Waals surface area contributed by atoms with Crippen molar-refractivity contribution < 1.29 is 4.39 Å². The number of thiazole rings is 1. The molecule has 4 heteroatoms. The van der Waals surface area contributed by atoms with Crippen molar-refractivity contribution in [3.8, 4) is 0 Å². The average molecular weight is 298 g/mol. The Balaban J connectivity index is 1.90. The highest BCUT2D eigenvalue weighted by molar-refractivity contribution is 7.09. The maximum Gasteiger partial charge on any atom is 0.123 e. The molecule has 1 aromatic heterocycles. The molecule has 0 radical (unpaired) electrons. The van der Waals surface area contributed by atoms with E-state index in [-0.39, 0.29) is 5.82 Å². The van der Waals surface area contributed by atoms with Crippen LogP contribution >= 0.6 is 22.9 Å². The van der Waals surface area contributed by atoms with Gasteiger partial charge < -0.3 is 0 Å². The summed E-state index contributed by atoms with van der Waals surface area (Å²) >= 11 is 7.75. The molecule has 2 rings (SSSR count). The third kappa shape index (κ3) is 4.29. The van der Waals surface area contributed by atoms with E-state index in [2.05, 4.69) is 4.98 Å². The third-order valence-electron chi connectivity index (χ3n) is 3.28. The fraction of sp³-hybridized carbons (Fsp3) is 0.400. The molecule has 0 aliphatic carbocycles. The molecule has 1 atom stereocenters. The van der Waals surface area contributed by atoms with Crippen LogP contribution in [-0.4, -0.2) is 10.9 Å². The van der Waals surface area contributed by atoms with Gasteiger partial charge in [-0.3, -0.25) is 0 Å². The molecule has 2 aromatic rings. The zero-order chi connectivity index (χ0) is 13.7. The van der Waals surface area contributed by atoms with Gasteiger partial charge in [-0.1, -0.05) is 12.1 Å². The molecule has 0 aliphatic rings. The number of aryl methyl sites for hydroxylation is 2. The smallest absolute Gasteiger partial charge is 0.123 e. The number of aromatic nitrogens is 1. The molecule has 0 spiro atoms. The number of hydrogen-bond donors (Lipinski definition) is 0. The molecule has 0 saturated carbocycles. The van der Waals surface area contributed by atoms with E-state index in [1.54, 1.807) is 11.3 Å². The summed E-state index contributed by atoms with van der Waals surface area (Å²) in [6, 6.07) is 6.70. The maximum absolute atomic E-state index is 12.9. The number of nitrogens with zero attached hydrogens (tertiary/aromatic N) is 1. The Kier molecular flexibility index (Phi) is 5.34. The highest BCUT2D eigenvalue weighted by Crippen LogP contribution is 2.20. The van der Waals surface area contributed by atoms with Crippen molar-refractivity contribution in [3.63, 3.8) is 0 Å². The van der Waals surface area contributed by atoms with Gasteiger partial charge in [-0.05, 0) is 49.8 Å². The Labute approximate surface area is 122 Å². The van der Waals surface area contributed by atoms with Crippen molar-refractivity contribution in [1.82, 2.24) is 4.98 Å². The fourth-order valence-corrected chi connectivity index (χ4v) is 3.15. The standard InChI is InChI=1S/C15H17ClFNS/c1-11-15(19-10-18-11)7-4-13(9-16)8-12-2-5-14(17)6-3-12/h2-3,5-6,10,13H,4,7-9H2,1H3. The van der Waals surface area contributed by atoms with Crippen LogP contribution in [0.3, 0.4) is 0 Å². The van der Waals surface area contributed by atoms with Crippen molar-refractivity contribution in [2.24, 2.45) is 5.92 Å². The summed E-state index contributed by atoms with van der Waals surface area (Å²) < 4.78 is 12.9. The van der Waals surface area contributed by atoms with E-state index >= 15 is 0 Å². The van der Waals surface area contributed by atoms with Gasteiger partial charge in [-0.2, -0.15) is 0 Å². The second kappa shape index (κ2) is 7.01. The van der Waals surface area contributed by atoms with Crippen LogP contribution in [0.1, 0.15) is 22.6 Å². The normalized spacial score (nSPS) is 12.6. The Hall–Kier alpha value is -0.930. The zero-order valence-electron chi connectivity index (χ0n) is 10.9. The third-order valence-corrected chi connectivity index (χ3v) is 4.71. The Morgan fingerprint density at radius 3 is 2.63 bits per heavy atom. The number of benzene rings is 1. The molecule has 19 heavy (non-hydrogen) atoms. The first-order valence-electron chi connectivity index (χ1n) is 6.38. The first kappa shape index (κ1) is 14.5. The van der Waals surface area contributed by atoms with E-state index in [4.69, 9.17) is 11.6 Å². The monoisotopic (exact) mass is 297 g/mol. The number of halogens is 2. The predicted molar refractivity (Wildman–Crippen MR) is 79.5 cm³/mol. The maximum atomic E-state index is 12.9. The van der Waals surface area contributed by atoms with Crippen LogP contribution in [0, 0.1) is 18.7 Å². The van der Waals surface area contributed by atoms with E-state index in [9.17, 15) is 4.39 Å². The lowest BCUT2D eigenvalue weighted by Gasteiger charge is -2.13. The van der Waals surface area contributed by atoms with E-state index in [0.29, 0.717) is 11.8 Å². The average Bonchev–Trinajstić information content (AvgIpc) is 2.82. The number of alkyl halides is 1. The summed E-state index contributed by atoms with van der Waals surface area (Å²) in [6.45, 7) is 2.04. The molecule has 0 bridgehead atoms. The summed E-state index contributed by atoms with van der Waals surface area (Å²) in [6.07, 6.45) is 2.97. The van der Waals surface area contributed by atoms with Crippen molar-refractivity contribution in [1.29, 1.82) is 0 Å². The molecule has 1 aromatic carbocycles. The summed E-state index contributed by atoms with van der Waals surface area (Å²) in [4.78, 5) is 5.60. The van der Waals surface area contributed by atoms with Crippen LogP contribution in [0.2, 0.25) is 0 Å². The molecule has 1 heterocycles. The summed E-state index contributed by atoms with van der Waals surface area (Å²) in [5, 5.41) is 0. The lowest BCUT2D eigenvalue weighted by Crippen LogP contribution is -2.08. The van der Waals surface area contributed by atoms with Gasteiger partial charge in [0.2, 0.25) is 0 Å². The van der Waals surface area contributed by atoms with Gasteiger partial charge in [0.25, 0.3) is 0 Å².